The zero-order valence-corrected chi connectivity index (χ0v) is 16.9. The highest BCUT2D eigenvalue weighted by atomic mass is 16.5. The van der Waals surface area contributed by atoms with Gasteiger partial charge in [0.15, 0.2) is 5.78 Å². The molecule has 0 radical (unpaired) electrons. The number of aromatic nitrogens is 1. The molecule has 0 bridgehead atoms. The Morgan fingerprint density at radius 1 is 1.17 bits per heavy atom. The number of carbonyl (C=O) groups is 2. The lowest BCUT2D eigenvalue weighted by Crippen LogP contribution is -2.41. The molecule has 0 amide bonds. The molecular formula is C26H23NO3. The van der Waals surface area contributed by atoms with Crippen LogP contribution in [0.2, 0.25) is 0 Å². The molecule has 6 rings (SSSR count). The molecule has 2 heterocycles. The Morgan fingerprint density at radius 2 is 2.07 bits per heavy atom. The summed E-state index contributed by atoms with van der Waals surface area (Å²) in [5.74, 6) is 1.12. The first-order valence-corrected chi connectivity index (χ1v) is 10.8. The highest BCUT2D eigenvalue weighted by Gasteiger charge is 2.57. The number of carbonyl (C=O) groups excluding carboxylic acids is 2. The Morgan fingerprint density at radius 3 is 2.97 bits per heavy atom. The summed E-state index contributed by atoms with van der Waals surface area (Å²) < 4.78 is 6.44. The van der Waals surface area contributed by atoms with E-state index >= 15 is 0 Å². The van der Waals surface area contributed by atoms with E-state index in [4.69, 9.17) is 4.74 Å². The van der Waals surface area contributed by atoms with Gasteiger partial charge in [-0.1, -0.05) is 37.3 Å². The second kappa shape index (κ2) is 6.24. The number of hydrogen-bond acceptors (Lipinski definition) is 4. The van der Waals surface area contributed by atoms with E-state index in [1.807, 2.05) is 30.5 Å². The molecule has 4 atom stereocenters. The summed E-state index contributed by atoms with van der Waals surface area (Å²) in [6.07, 6.45) is 12.5. The van der Waals surface area contributed by atoms with Gasteiger partial charge in [0, 0.05) is 48.4 Å². The summed E-state index contributed by atoms with van der Waals surface area (Å²) in [4.78, 5) is 30.0. The number of rotatable bonds is 1. The van der Waals surface area contributed by atoms with Crippen molar-refractivity contribution in [1.29, 1.82) is 0 Å². The van der Waals surface area contributed by atoms with Gasteiger partial charge in [0.25, 0.3) is 0 Å². The Balaban J connectivity index is 1.46. The molecule has 0 N–H and O–H groups in total. The van der Waals surface area contributed by atoms with E-state index < -0.39 is 0 Å². The van der Waals surface area contributed by atoms with Crippen LogP contribution in [0.15, 0.2) is 71.8 Å². The zero-order chi connectivity index (χ0) is 20.5. The van der Waals surface area contributed by atoms with E-state index in [-0.39, 0.29) is 34.9 Å². The van der Waals surface area contributed by atoms with E-state index in [0.29, 0.717) is 12.8 Å². The Labute approximate surface area is 175 Å². The van der Waals surface area contributed by atoms with Crippen LogP contribution < -0.4 is 0 Å². The third-order valence-corrected chi connectivity index (χ3v) is 7.51. The SMILES string of the molecule is C[C@]12C=CC3=CC4=C(CCCC4=O)O[C@H]3[C@@H]1CC(=O)[C@@H]2c1cccc2cnccc12. The highest BCUT2D eigenvalue weighted by molar-refractivity contribution is 6.00. The topological polar surface area (TPSA) is 56.3 Å². The van der Waals surface area contributed by atoms with Crippen LogP contribution in [0.4, 0.5) is 0 Å². The molecule has 1 fully saturated rings. The third kappa shape index (κ3) is 2.36. The van der Waals surface area contributed by atoms with Crippen LogP contribution in [0.3, 0.4) is 0 Å². The first-order chi connectivity index (χ1) is 14.6. The molecule has 1 saturated carbocycles. The number of fused-ring (bicyclic) bond motifs is 4. The molecule has 4 heteroatoms. The predicted molar refractivity (Wildman–Crippen MR) is 114 cm³/mol. The molecule has 4 aliphatic rings. The van der Waals surface area contributed by atoms with Crippen molar-refractivity contribution in [1.82, 2.24) is 4.98 Å². The molecule has 4 nitrogen and oxygen atoms in total. The summed E-state index contributed by atoms with van der Waals surface area (Å²) in [7, 11) is 0. The summed E-state index contributed by atoms with van der Waals surface area (Å²) >= 11 is 0. The Hall–Kier alpha value is -3.01. The predicted octanol–water partition coefficient (Wildman–Crippen LogP) is 4.82. The van der Waals surface area contributed by atoms with Gasteiger partial charge in [-0.15, -0.1) is 0 Å². The van der Waals surface area contributed by atoms with E-state index in [2.05, 4.69) is 30.1 Å². The van der Waals surface area contributed by atoms with E-state index in [0.717, 1.165) is 46.1 Å². The van der Waals surface area contributed by atoms with E-state index in [9.17, 15) is 9.59 Å². The van der Waals surface area contributed by atoms with Crippen molar-refractivity contribution in [3.8, 4) is 0 Å². The average Bonchev–Trinajstić information content (AvgIpc) is 3.03. The molecule has 30 heavy (non-hydrogen) atoms. The van der Waals surface area contributed by atoms with Crippen molar-refractivity contribution in [3.63, 3.8) is 0 Å². The van der Waals surface area contributed by atoms with Gasteiger partial charge in [0.05, 0.1) is 11.5 Å². The minimum Gasteiger partial charge on any atom is -0.489 e. The Bertz CT molecular complexity index is 1200. The molecule has 1 aromatic carbocycles. The van der Waals surface area contributed by atoms with Crippen LogP contribution in [-0.4, -0.2) is 22.7 Å². The molecule has 0 unspecified atom stereocenters. The second-order valence-corrected chi connectivity index (χ2v) is 9.15. The quantitative estimate of drug-likeness (QED) is 0.693. The highest BCUT2D eigenvalue weighted by Crippen LogP contribution is 2.58. The monoisotopic (exact) mass is 397 g/mol. The van der Waals surface area contributed by atoms with Gasteiger partial charge in [-0.25, -0.2) is 0 Å². The minimum atomic E-state index is -0.326. The van der Waals surface area contributed by atoms with Gasteiger partial charge in [0.2, 0.25) is 0 Å². The largest absolute Gasteiger partial charge is 0.489 e. The fourth-order valence-corrected chi connectivity index (χ4v) is 6.00. The number of ketones is 2. The maximum Gasteiger partial charge on any atom is 0.166 e. The average molecular weight is 397 g/mol. The lowest BCUT2D eigenvalue weighted by atomic mass is 9.64. The summed E-state index contributed by atoms with van der Waals surface area (Å²) in [6.45, 7) is 2.19. The summed E-state index contributed by atoms with van der Waals surface area (Å²) in [5.41, 5.74) is 2.52. The minimum absolute atomic E-state index is 0.0643. The van der Waals surface area contributed by atoms with Crippen molar-refractivity contribution in [2.24, 2.45) is 11.3 Å². The van der Waals surface area contributed by atoms with Gasteiger partial charge >= 0.3 is 0 Å². The van der Waals surface area contributed by atoms with E-state index in [1.54, 1.807) is 6.20 Å². The Kier molecular flexibility index (Phi) is 3.71. The van der Waals surface area contributed by atoms with Gasteiger partial charge in [-0.2, -0.15) is 0 Å². The van der Waals surface area contributed by atoms with Crippen LogP contribution in [0, 0.1) is 11.3 Å². The van der Waals surface area contributed by atoms with Crippen LogP contribution in [-0.2, 0) is 14.3 Å². The van der Waals surface area contributed by atoms with Gasteiger partial charge in [-0.05, 0) is 35.1 Å². The van der Waals surface area contributed by atoms with Crippen molar-refractivity contribution in [2.45, 2.75) is 44.6 Å². The van der Waals surface area contributed by atoms with Crippen molar-refractivity contribution in [2.75, 3.05) is 0 Å². The molecule has 0 saturated heterocycles. The summed E-state index contributed by atoms with van der Waals surface area (Å²) in [6, 6.07) is 8.15. The van der Waals surface area contributed by atoms with Crippen LogP contribution >= 0.6 is 0 Å². The lowest BCUT2D eigenvalue weighted by molar-refractivity contribution is -0.119. The first kappa shape index (κ1) is 17.8. The van der Waals surface area contributed by atoms with Crippen molar-refractivity contribution >= 4 is 22.3 Å². The smallest absolute Gasteiger partial charge is 0.166 e. The molecule has 150 valence electrons. The fraction of sp³-hybridized carbons (Fsp3) is 0.346. The first-order valence-electron chi connectivity index (χ1n) is 10.8. The number of benzene rings is 1. The number of nitrogens with zero attached hydrogens (tertiary/aromatic N) is 1. The van der Waals surface area contributed by atoms with Crippen molar-refractivity contribution < 1.29 is 14.3 Å². The second-order valence-electron chi connectivity index (χ2n) is 9.15. The van der Waals surface area contributed by atoms with Gasteiger partial charge in [0.1, 0.15) is 17.6 Å². The number of ether oxygens (including phenoxy) is 1. The molecule has 1 aliphatic heterocycles. The number of allylic oxidation sites excluding steroid dienone is 4. The van der Waals surface area contributed by atoms with Gasteiger partial charge < -0.3 is 4.74 Å². The third-order valence-electron chi connectivity index (χ3n) is 7.51. The lowest BCUT2D eigenvalue weighted by Gasteiger charge is -2.43. The number of Topliss-reactive ketones (excluding diaryl/α,β-unsaturated/α-hetero) is 2. The molecule has 1 aromatic heterocycles. The summed E-state index contributed by atoms with van der Waals surface area (Å²) in [5, 5.41) is 2.15. The van der Waals surface area contributed by atoms with E-state index in [1.165, 1.54) is 0 Å². The van der Waals surface area contributed by atoms with Crippen LogP contribution in [0.25, 0.3) is 10.8 Å². The number of hydrogen-bond donors (Lipinski definition) is 0. The fourth-order valence-electron chi connectivity index (χ4n) is 6.00. The molecule has 3 aliphatic carbocycles. The maximum atomic E-state index is 13.4. The van der Waals surface area contributed by atoms with Crippen LogP contribution in [0.5, 0.6) is 0 Å². The normalized spacial score (nSPS) is 32.4. The standard InChI is InChI=1S/C26H23NO3/c1-26-10-8-15-12-19-21(28)6-3-7-23(19)30-25(15)20(26)13-22(29)24(26)18-5-2-4-16-14-27-11-9-17(16)18/h2,4-5,8-12,14,20,24-25H,3,6-7,13H2,1H3/t20-,24-,25+,26-/m0/s1. The maximum absolute atomic E-state index is 13.4. The van der Waals surface area contributed by atoms with Gasteiger partial charge in [-0.3, -0.25) is 14.6 Å². The molecule has 2 aromatic rings. The van der Waals surface area contributed by atoms with Crippen LogP contribution in [0.1, 0.15) is 44.1 Å². The number of pyridine rings is 1. The molecular weight excluding hydrogens is 374 g/mol. The van der Waals surface area contributed by atoms with Crippen molar-refractivity contribution in [3.05, 3.63) is 77.4 Å². The zero-order valence-electron chi connectivity index (χ0n) is 16.9. The molecule has 0 spiro atoms.